The lowest BCUT2D eigenvalue weighted by Gasteiger charge is -2.08. The molecule has 1 rings (SSSR count). The van der Waals surface area contributed by atoms with Crippen molar-refractivity contribution in [2.75, 3.05) is 5.75 Å². The van der Waals surface area contributed by atoms with E-state index in [1.165, 1.54) is 28.5 Å². The lowest BCUT2D eigenvalue weighted by atomic mass is 10.0. The number of thioether (sulfide) groups is 1. The summed E-state index contributed by atoms with van der Waals surface area (Å²) in [5, 5.41) is 0.169. The van der Waals surface area contributed by atoms with Gasteiger partial charge in [0.15, 0.2) is 5.12 Å². The van der Waals surface area contributed by atoms with Gasteiger partial charge in [0.1, 0.15) is 0 Å². The average molecular weight is 220 g/mol. The molecule has 1 nitrogen and oxygen atoms in total. The van der Waals surface area contributed by atoms with Crippen molar-refractivity contribution in [2.45, 2.75) is 20.8 Å². The topological polar surface area (TPSA) is 17.1 Å². The third kappa shape index (κ3) is 3.56. The molecule has 2 heteroatoms. The van der Waals surface area contributed by atoms with E-state index in [1.54, 1.807) is 6.92 Å². The third-order valence-electron chi connectivity index (χ3n) is 2.27. The minimum absolute atomic E-state index is 0.169. The zero-order chi connectivity index (χ0) is 11.3. The lowest BCUT2D eigenvalue weighted by Crippen LogP contribution is -1.93. The quantitative estimate of drug-likeness (QED) is 0.773. The molecule has 80 valence electrons. The number of hydrogen-bond acceptors (Lipinski definition) is 2. The molecule has 0 aliphatic rings. The summed E-state index contributed by atoms with van der Waals surface area (Å²) in [6, 6.07) is 8.26. The normalized spacial score (nSPS) is 11.5. The van der Waals surface area contributed by atoms with Gasteiger partial charge in [-0.05, 0) is 30.5 Å². The molecule has 0 spiro atoms. The van der Waals surface area contributed by atoms with Crippen molar-refractivity contribution >= 4 is 22.5 Å². The second-order valence-electron chi connectivity index (χ2n) is 3.41. The summed E-state index contributed by atoms with van der Waals surface area (Å²) in [6.45, 7) is 5.72. The Hall–Kier alpha value is -1.02. The average Bonchev–Trinajstić information content (AvgIpc) is 2.21. The van der Waals surface area contributed by atoms with Crippen LogP contribution in [0.4, 0.5) is 0 Å². The van der Waals surface area contributed by atoms with Gasteiger partial charge in [-0.2, -0.15) is 0 Å². The molecule has 0 radical (unpaired) electrons. The van der Waals surface area contributed by atoms with Gasteiger partial charge in [-0.15, -0.1) is 0 Å². The number of carbonyl (C=O) groups excluding carboxylic acids is 1. The first kappa shape index (κ1) is 12.1. The van der Waals surface area contributed by atoms with Crippen LogP contribution in [0.15, 0.2) is 30.3 Å². The van der Waals surface area contributed by atoms with Crippen molar-refractivity contribution in [1.29, 1.82) is 0 Å². The molecule has 15 heavy (non-hydrogen) atoms. The molecule has 0 amide bonds. The SMILES string of the molecule is C/C=C(/CSC(C)=O)c1ccccc1C. The van der Waals surface area contributed by atoms with Gasteiger partial charge < -0.3 is 0 Å². The van der Waals surface area contributed by atoms with Crippen molar-refractivity contribution in [3.63, 3.8) is 0 Å². The molecule has 0 bridgehead atoms. The number of carbonyl (C=O) groups is 1. The van der Waals surface area contributed by atoms with E-state index in [1.807, 2.05) is 19.1 Å². The van der Waals surface area contributed by atoms with Gasteiger partial charge in [0.25, 0.3) is 0 Å². The molecule has 0 unspecified atom stereocenters. The Kier molecular flexibility index (Phi) is 4.63. The van der Waals surface area contributed by atoms with E-state index in [-0.39, 0.29) is 5.12 Å². The molecule has 0 fully saturated rings. The van der Waals surface area contributed by atoms with Crippen molar-refractivity contribution in [3.05, 3.63) is 41.5 Å². The molecular weight excluding hydrogens is 204 g/mol. The lowest BCUT2D eigenvalue weighted by molar-refractivity contribution is -0.109. The fraction of sp³-hybridized carbons (Fsp3) is 0.308. The highest BCUT2D eigenvalue weighted by Crippen LogP contribution is 2.22. The Morgan fingerprint density at radius 2 is 2.07 bits per heavy atom. The van der Waals surface area contributed by atoms with Crippen LogP contribution in [0.5, 0.6) is 0 Å². The van der Waals surface area contributed by atoms with E-state index in [9.17, 15) is 4.79 Å². The molecule has 0 atom stereocenters. The van der Waals surface area contributed by atoms with Crippen LogP contribution in [0, 0.1) is 6.92 Å². The second kappa shape index (κ2) is 5.76. The zero-order valence-corrected chi connectivity index (χ0v) is 10.2. The third-order valence-corrected chi connectivity index (χ3v) is 3.13. The Balaban J connectivity index is 2.85. The summed E-state index contributed by atoms with van der Waals surface area (Å²) >= 11 is 1.36. The number of hydrogen-bond donors (Lipinski definition) is 0. The maximum Gasteiger partial charge on any atom is 0.186 e. The van der Waals surface area contributed by atoms with E-state index in [2.05, 4.69) is 25.1 Å². The summed E-state index contributed by atoms with van der Waals surface area (Å²) < 4.78 is 0. The van der Waals surface area contributed by atoms with Crippen LogP contribution in [0.3, 0.4) is 0 Å². The fourth-order valence-electron chi connectivity index (χ4n) is 1.43. The van der Waals surface area contributed by atoms with Crippen LogP contribution in [-0.2, 0) is 4.79 Å². The molecule has 0 aliphatic carbocycles. The van der Waals surface area contributed by atoms with Crippen LogP contribution in [0.2, 0.25) is 0 Å². The van der Waals surface area contributed by atoms with Crippen LogP contribution < -0.4 is 0 Å². The summed E-state index contributed by atoms with van der Waals surface area (Å²) in [6.07, 6.45) is 2.08. The highest BCUT2D eigenvalue weighted by atomic mass is 32.2. The largest absolute Gasteiger partial charge is 0.288 e. The summed E-state index contributed by atoms with van der Waals surface area (Å²) in [7, 11) is 0. The Labute approximate surface area is 95.6 Å². The molecule has 1 aromatic rings. The van der Waals surface area contributed by atoms with Gasteiger partial charge in [-0.1, -0.05) is 42.1 Å². The van der Waals surface area contributed by atoms with Crippen molar-refractivity contribution in [1.82, 2.24) is 0 Å². The highest BCUT2D eigenvalue weighted by Gasteiger charge is 2.04. The first-order valence-electron chi connectivity index (χ1n) is 4.99. The maximum atomic E-state index is 10.9. The first-order chi connectivity index (χ1) is 7.15. The maximum absolute atomic E-state index is 10.9. The number of allylic oxidation sites excluding steroid dienone is 1. The Bertz CT molecular complexity index is 380. The standard InChI is InChI=1S/C13H16OS/c1-4-12(9-15-11(3)14)13-8-6-5-7-10(13)2/h4-8H,9H2,1-3H3/b12-4-. The highest BCUT2D eigenvalue weighted by molar-refractivity contribution is 8.13. The summed E-state index contributed by atoms with van der Waals surface area (Å²) in [5.74, 6) is 0.761. The number of aryl methyl sites for hydroxylation is 1. The van der Waals surface area contributed by atoms with Crippen LogP contribution in [0.1, 0.15) is 25.0 Å². The van der Waals surface area contributed by atoms with E-state index < -0.39 is 0 Å². The fourth-order valence-corrected chi connectivity index (χ4v) is 2.11. The monoisotopic (exact) mass is 220 g/mol. The summed E-state index contributed by atoms with van der Waals surface area (Å²) in [4.78, 5) is 10.9. The predicted molar refractivity (Wildman–Crippen MR) is 68.0 cm³/mol. The van der Waals surface area contributed by atoms with Gasteiger partial charge >= 0.3 is 0 Å². The molecular formula is C13H16OS. The molecule has 0 saturated carbocycles. The Morgan fingerprint density at radius 1 is 1.40 bits per heavy atom. The van der Waals surface area contributed by atoms with Gasteiger partial charge in [-0.25, -0.2) is 0 Å². The van der Waals surface area contributed by atoms with E-state index in [0.717, 1.165) is 5.75 Å². The second-order valence-corrected chi connectivity index (χ2v) is 4.56. The van der Waals surface area contributed by atoms with E-state index in [4.69, 9.17) is 0 Å². The zero-order valence-electron chi connectivity index (χ0n) is 9.41. The number of benzene rings is 1. The Morgan fingerprint density at radius 3 is 2.60 bits per heavy atom. The smallest absolute Gasteiger partial charge is 0.186 e. The van der Waals surface area contributed by atoms with Gasteiger partial charge in [-0.3, -0.25) is 4.79 Å². The van der Waals surface area contributed by atoms with Gasteiger partial charge in [0.2, 0.25) is 0 Å². The van der Waals surface area contributed by atoms with E-state index >= 15 is 0 Å². The molecule has 0 saturated heterocycles. The molecule has 0 aliphatic heterocycles. The molecule has 0 aromatic heterocycles. The van der Waals surface area contributed by atoms with Crippen LogP contribution in [0.25, 0.3) is 5.57 Å². The van der Waals surface area contributed by atoms with Gasteiger partial charge in [0.05, 0.1) is 0 Å². The molecule has 0 heterocycles. The van der Waals surface area contributed by atoms with Crippen molar-refractivity contribution in [3.8, 4) is 0 Å². The van der Waals surface area contributed by atoms with Crippen LogP contribution >= 0.6 is 11.8 Å². The summed E-state index contributed by atoms with van der Waals surface area (Å²) in [5.41, 5.74) is 3.73. The van der Waals surface area contributed by atoms with E-state index in [0.29, 0.717) is 0 Å². The number of rotatable bonds is 3. The van der Waals surface area contributed by atoms with Crippen molar-refractivity contribution in [2.24, 2.45) is 0 Å². The molecule has 0 N–H and O–H groups in total. The minimum Gasteiger partial charge on any atom is -0.288 e. The van der Waals surface area contributed by atoms with Crippen molar-refractivity contribution < 1.29 is 4.79 Å². The molecule has 1 aromatic carbocycles. The van der Waals surface area contributed by atoms with Crippen LogP contribution in [-0.4, -0.2) is 10.9 Å². The predicted octanol–water partition coefficient (Wildman–Crippen LogP) is 3.68. The van der Waals surface area contributed by atoms with Gasteiger partial charge in [0, 0.05) is 12.7 Å². The minimum atomic E-state index is 0.169. The first-order valence-corrected chi connectivity index (χ1v) is 5.98.